The van der Waals surface area contributed by atoms with E-state index in [1.807, 2.05) is 0 Å². The molecule has 5 saturated carbocycles. The molecule has 1 amide bonds. The number of nitrogens with one attached hydrogen (secondary N) is 1. The Balaban J connectivity index is 1.37. The van der Waals surface area contributed by atoms with Crippen LogP contribution in [0.1, 0.15) is 126 Å². The summed E-state index contributed by atoms with van der Waals surface area (Å²) in [6, 6.07) is 0. The molecule has 0 heterocycles. The van der Waals surface area contributed by atoms with Gasteiger partial charge in [0.15, 0.2) is 5.78 Å². The summed E-state index contributed by atoms with van der Waals surface area (Å²) in [6.45, 7) is 17.0. The van der Waals surface area contributed by atoms with Gasteiger partial charge in [0.05, 0.1) is 6.10 Å². The number of fused-ring (bicyclic) bond motifs is 7. The van der Waals surface area contributed by atoms with Crippen LogP contribution >= 0.6 is 0 Å². The number of hydrogen-bond donors (Lipinski definition) is 1. The van der Waals surface area contributed by atoms with Gasteiger partial charge in [0.2, 0.25) is 5.91 Å². The highest BCUT2D eigenvalue weighted by Crippen LogP contribution is 2.75. The first-order valence-electron chi connectivity index (χ1n) is 15.4. The molecule has 8 atom stereocenters. The lowest BCUT2D eigenvalue weighted by Crippen LogP contribution is -2.65. The van der Waals surface area contributed by atoms with Crippen molar-refractivity contribution in [3.63, 3.8) is 0 Å². The molecule has 4 heteroatoms. The number of ketones is 1. The minimum absolute atomic E-state index is 0.0145. The van der Waals surface area contributed by atoms with Crippen molar-refractivity contribution < 1.29 is 14.4 Å². The van der Waals surface area contributed by atoms with E-state index in [1.54, 1.807) is 0 Å². The number of carbonyl (C=O) groups excluding carboxylic acids is 2. The Morgan fingerprint density at radius 1 is 0.892 bits per heavy atom. The summed E-state index contributed by atoms with van der Waals surface area (Å²) in [5.41, 5.74) is 4.33. The topological polar surface area (TPSA) is 55.4 Å². The molecule has 6 aliphatic rings. The molecule has 2 unspecified atom stereocenters. The first kappa shape index (κ1) is 26.1. The number of hydrogen-bond acceptors (Lipinski definition) is 3. The third-order valence-corrected chi connectivity index (χ3v) is 13.7. The highest BCUT2D eigenvalue weighted by atomic mass is 16.7. The lowest BCUT2D eigenvalue weighted by molar-refractivity contribution is -0.185. The van der Waals surface area contributed by atoms with Gasteiger partial charge < -0.3 is 0 Å². The van der Waals surface area contributed by atoms with E-state index in [2.05, 4.69) is 60.0 Å². The molecule has 206 valence electrons. The highest BCUT2D eigenvalue weighted by molar-refractivity contribution is 5.95. The summed E-state index contributed by atoms with van der Waals surface area (Å²) >= 11 is 0. The first-order chi connectivity index (χ1) is 17.2. The predicted molar refractivity (Wildman–Crippen MR) is 146 cm³/mol. The molecule has 0 aromatic heterocycles. The SMILES string of the molecule is CC1(C(=O)NOC2CC2)CC[C@]2(C)CC[C@]3(C)C(=CC(=O)[C@@H]4[C@@]5(C)CCCC(C)(C)C5CC[C@]43C)[C@H]2C1. The molecule has 0 spiro atoms. The van der Waals surface area contributed by atoms with E-state index < -0.39 is 5.41 Å². The van der Waals surface area contributed by atoms with Gasteiger partial charge >= 0.3 is 0 Å². The minimum Gasteiger partial charge on any atom is -0.295 e. The van der Waals surface area contributed by atoms with Gasteiger partial charge in [0, 0.05) is 11.3 Å². The van der Waals surface area contributed by atoms with Crippen LogP contribution in [0, 0.1) is 50.2 Å². The van der Waals surface area contributed by atoms with E-state index in [9.17, 15) is 9.59 Å². The fraction of sp³-hybridized carbons (Fsp3) is 0.879. The maximum Gasteiger partial charge on any atom is 0.249 e. The van der Waals surface area contributed by atoms with Gasteiger partial charge in [-0.15, -0.1) is 0 Å². The number of allylic oxidation sites excluding steroid dienone is 2. The summed E-state index contributed by atoms with van der Waals surface area (Å²) in [5, 5.41) is 0. The van der Waals surface area contributed by atoms with Crippen LogP contribution in [0.5, 0.6) is 0 Å². The highest BCUT2D eigenvalue weighted by Gasteiger charge is 2.69. The van der Waals surface area contributed by atoms with Crippen LogP contribution < -0.4 is 5.48 Å². The Morgan fingerprint density at radius 3 is 2.30 bits per heavy atom. The fourth-order valence-electron chi connectivity index (χ4n) is 10.9. The quantitative estimate of drug-likeness (QED) is 0.399. The van der Waals surface area contributed by atoms with E-state index >= 15 is 0 Å². The van der Waals surface area contributed by atoms with E-state index in [1.165, 1.54) is 44.1 Å². The van der Waals surface area contributed by atoms with Crippen LogP contribution in [-0.4, -0.2) is 17.8 Å². The Hall–Kier alpha value is -1.16. The van der Waals surface area contributed by atoms with Crippen LogP contribution in [0.25, 0.3) is 0 Å². The fourth-order valence-corrected chi connectivity index (χ4v) is 10.9. The lowest BCUT2D eigenvalue weighted by atomic mass is 9.33. The van der Waals surface area contributed by atoms with Crippen molar-refractivity contribution in [3.8, 4) is 0 Å². The zero-order valence-electron chi connectivity index (χ0n) is 24.6. The summed E-state index contributed by atoms with van der Waals surface area (Å²) in [4.78, 5) is 33.4. The minimum atomic E-state index is -0.448. The van der Waals surface area contributed by atoms with Gasteiger partial charge in [-0.3, -0.25) is 14.4 Å². The van der Waals surface area contributed by atoms with Crippen LogP contribution in [0.4, 0.5) is 0 Å². The summed E-state index contributed by atoms with van der Waals surface area (Å²) in [6.07, 6.45) is 15.7. The van der Waals surface area contributed by atoms with Crippen LogP contribution in [0.3, 0.4) is 0 Å². The number of rotatable bonds is 3. The zero-order chi connectivity index (χ0) is 26.6. The van der Waals surface area contributed by atoms with Gasteiger partial charge in [-0.1, -0.05) is 60.5 Å². The first-order valence-corrected chi connectivity index (χ1v) is 15.4. The molecule has 0 saturated heterocycles. The molecule has 0 aliphatic heterocycles. The van der Waals surface area contributed by atoms with Crippen molar-refractivity contribution in [3.05, 3.63) is 11.6 Å². The second-order valence-corrected chi connectivity index (χ2v) is 16.3. The second-order valence-electron chi connectivity index (χ2n) is 16.3. The molecule has 0 aromatic rings. The number of amides is 1. The molecule has 6 aliphatic carbocycles. The molecule has 5 fully saturated rings. The zero-order valence-corrected chi connectivity index (χ0v) is 24.6. The van der Waals surface area contributed by atoms with E-state index in [0.717, 1.165) is 38.5 Å². The van der Waals surface area contributed by atoms with Crippen LogP contribution in [0.15, 0.2) is 11.6 Å². The Labute approximate surface area is 225 Å². The third kappa shape index (κ3) is 3.55. The van der Waals surface area contributed by atoms with E-state index in [-0.39, 0.29) is 45.5 Å². The average molecular weight is 510 g/mol. The van der Waals surface area contributed by atoms with E-state index in [4.69, 9.17) is 4.84 Å². The predicted octanol–water partition coefficient (Wildman–Crippen LogP) is 7.57. The monoisotopic (exact) mass is 509 g/mol. The van der Waals surface area contributed by atoms with Gasteiger partial charge in [-0.25, -0.2) is 5.48 Å². The molecule has 0 radical (unpaired) electrons. The normalized spacial score (nSPS) is 50.6. The molecule has 6 rings (SSSR count). The molecule has 1 N–H and O–H groups in total. The second kappa shape index (κ2) is 7.95. The van der Waals surface area contributed by atoms with Crippen molar-refractivity contribution in [2.75, 3.05) is 0 Å². The maximum absolute atomic E-state index is 14.4. The number of carbonyl (C=O) groups is 2. The average Bonchev–Trinajstić information content (AvgIpc) is 3.64. The Morgan fingerprint density at radius 2 is 1.59 bits per heavy atom. The lowest BCUT2D eigenvalue weighted by Gasteiger charge is -2.70. The van der Waals surface area contributed by atoms with Crippen molar-refractivity contribution in [2.45, 2.75) is 132 Å². The molecule has 0 bridgehead atoms. The molecule has 0 aromatic carbocycles. The standard InChI is InChI=1S/C33H51NO3/c1-28(2)12-8-13-31(5)25(28)11-14-33(7)26(31)24(35)19-22-23-20-30(4,27(36)34-37-21-9-10-21)16-15-29(23,3)17-18-32(22,33)6/h19,21,23,25-26H,8-18,20H2,1-7H3,(H,34,36)/t23-,25?,26-,29-,30?,31+,32-,33-/m1/s1. The Bertz CT molecular complexity index is 1040. The van der Waals surface area contributed by atoms with Crippen molar-refractivity contribution >= 4 is 11.7 Å². The smallest absolute Gasteiger partial charge is 0.249 e. The largest absolute Gasteiger partial charge is 0.295 e. The van der Waals surface area contributed by atoms with Gasteiger partial charge in [0.25, 0.3) is 0 Å². The van der Waals surface area contributed by atoms with Crippen molar-refractivity contribution in [2.24, 2.45) is 50.2 Å². The summed E-state index contributed by atoms with van der Waals surface area (Å²) in [7, 11) is 0. The molecular formula is C33H51NO3. The number of hydroxylamine groups is 1. The van der Waals surface area contributed by atoms with Gasteiger partial charge in [-0.2, -0.15) is 0 Å². The van der Waals surface area contributed by atoms with Crippen LogP contribution in [0.2, 0.25) is 0 Å². The summed E-state index contributed by atoms with van der Waals surface area (Å²) < 4.78 is 0. The Kier molecular flexibility index (Phi) is 5.60. The van der Waals surface area contributed by atoms with Gasteiger partial charge in [-0.05, 0) is 116 Å². The van der Waals surface area contributed by atoms with Crippen molar-refractivity contribution in [1.82, 2.24) is 5.48 Å². The molecular weight excluding hydrogens is 458 g/mol. The third-order valence-electron chi connectivity index (χ3n) is 13.7. The van der Waals surface area contributed by atoms with Gasteiger partial charge in [0.1, 0.15) is 0 Å². The molecule has 4 nitrogen and oxygen atoms in total. The molecule has 37 heavy (non-hydrogen) atoms. The van der Waals surface area contributed by atoms with Crippen molar-refractivity contribution in [1.29, 1.82) is 0 Å². The van der Waals surface area contributed by atoms with E-state index in [0.29, 0.717) is 17.1 Å². The maximum atomic E-state index is 14.4. The van der Waals surface area contributed by atoms with Crippen LogP contribution in [-0.2, 0) is 14.4 Å². The summed E-state index contributed by atoms with van der Waals surface area (Å²) in [5.74, 6) is 1.46.